The Hall–Kier alpha value is -3.60. The van der Waals surface area contributed by atoms with Crippen LogP contribution < -0.4 is 10.6 Å². The predicted molar refractivity (Wildman–Crippen MR) is 114 cm³/mol. The Kier molecular flexibility index (Phi) is 7.77. The number of rotatable bonds is 9. The van der Waals surface area contributed by atoms with Crippen molar-refractivity contribution in [2.24, 2.45) is 0 Å². The van der Waals surface area contributed by atoms with Crippen LogP contribution in [0.2, 0.25) is 0 Å². The maximum atomic E-state index is 13.4. The third-order valence-electron chi connectivity index (χ3n) is 5.46. The van der Waals surface area contributed by atoms with Crippen LogP contribution in [0.4, 0.5) is 18.0 Å². The Bertz CT molecular complexity index is 1010. The standard InChI is InChI=1S/C23H23F3N2O6/c1-33-18(21(30)31)11-27-20(29)10-19(23(24,25)26)28-22(32)34-12-17-15-8-4-2-6-13(15)14-7-3-5-9-16(14)17/h2-9,17-19H,10-12H2,1H3,(H,27,29)(H,28,32)(H,30,31). The molecule has 3 N–H and O–H groups in total. The smallest absolute Gasteiger partial charge is 0.409 e. The van der Waals surface area contributed by atoms with E-state index in [1.807, 2.05) is 48.5 Å². The van der Waals surface area contributed by atoms with Crippen molar-refractivity contribution in [3.8, 4) is 11.1 Å². The molecule has 2 amide bonds. The van der Waals surface area contributed by atoms with Crippen LogP contribution in [0.25, 0.3) is 11.1 Å². The highest BCUT2D eigenvalue weighted by Gasteiger charge is 2.42. The number of alkyl halides is 3. The Labute approximate surface area is 193 Å². The van der Waals surface area contributed by atoms with E-state index in [0.29, 0.717) is 0 Å². The van der Waals surface area contributed by atoms with Crippen LogP contribution in [0, 0.1) is 0 Å². The van der Waals surface area contributed by atoms with Gasteiger partial charge >= 0.3 is 18.2 Å². The molecular formula is C23H23F3N2O6. The van der Waals surface area contributed by atoms with Crippen LogP contribution in [0.15, 0.2) is 48.5 Å². The highest BCUT2D eigenvalue weighted by molar-refractivity contribution is 5.80. The van der Waals surface area contributed by atoms with E-state index in [9.17, 15) is 27.6 Å². The number of ether oxygens (including phenoxy) is 2. The van der Waals surface area contributed by atoms with Gasteiger partial charge in [0.2, 0.25) is 5.91 Å². The lowest BCUT2D eigenvalue weighted by molar-refractivity contribution is -0.160. The number of carboxylic acid groups (broad SMARTS) is 1. The number of carbonyl (C=O) groups excluding carboxylic acids is 2. The second-order valence-corrected chi connectivity index (χ2v) is 7.63. The summed E-state index contributed by atoms with van der Waals surface area (Å²) in [4.78, 5) is 35.0. The van der Waals surface area contributed by atoms with Crippen molar-refractivity contribution in [1.82, 2.24) is 10.6 Å². The fraction of sp³-hybridized carbons (Fsp3) is 0.348. The maximum Gasteiger partial charge on any atom is 0.409 e. The first-order chi connectivity index (χ1) is 16.1. The largest absolute Gasteiger partial charge is 0.479 e. The summed E-state index contributed by atoms with van der Waals surface area (Å²) in [5.41, 5.74) is 3.73. The number of aliphatic carboxylic acids is 1. The summed E-state index contributed by atoms with van der Waals surface area (Å²) < 4.78 is 49.9. The van der Waals surface area contributed by atoms with E-state index in [0.717, 1.165) is 29.4 Å². The fourth-order valence-corrected chi connectivity index (χ4v) is 3.77. The lowest BCUT2D eigenvalue weighted by Crippen LogP contribution is -2.49. The van der Waals surface area contributed by atoms with E-state index in [1.54, 1.807) is 5.32 Å². The van der Waals surface area contributed by atoms with E-state index in [-0.39, 0.29) is 12.5 Å². The van der Waals surface area contributed by atoms with Gasteiger partial charge < -0.3 is 25.2 Å². The number of halogens is 3. The molecule has 2 atom stereocenters. The van der Waals surface area contributed by atoms with Crippen LogP contribution in [-0.2, 0) is 19.1 Å². The third-order valence-corrected chi connectivity index (χ3v) is 5.46. The second-order valence-electron chi connectivity index (χ2n) is 7.63. The summed E-state index contributed by atoms with van der Waals surface area (Å²) in [6.45, 7) is -0.717. The van der Waals surface area contributed by atoms with E-state index in [1.165, 1.54) is 0 Å². The second kappa shape index (κ2) is 10.6. The number of hydrogen-bond acceptors (Lipinski definition) is 5. The van der Waals surface area contributed by atoms with Gasteiger partial charge in [0.05, 0.1) is 13.0 Å². The third kappa shape index (κ3) is 5.84. The highest BCUT2D eigenvalue weighted by atomic mass is 19.4. The molecule has 182 valence electrons. The van der Waals surface area contributed by atoms with E-state index < -0.39 is 49.3 Å². The molecule has 0 aromatic heterocycles. The number of carbonyl (C=O) groups is 3. The van der Waals surface area contributed by atoms with Crippen molar-refractivity contribution in [2.75, 3.05) is 20.3 Å². The van der Waals surface area contributed by atoms with Crippen molar-refractivity contribution in [1.29, 1.82) is 0 Å². The Morgan fingerprint density at radius 2 is 1.59 bits per heavy atom. The highest BCUT2D eigenvalue weighted by Crippen LogP contribution is 2.44. The van der Waals surface area contributed by atoms with Gasteiger partial charge in [-0.15, -0.1) is 0 Å². The molecule has 1 aliphatic carbocycles. The van der Waals surface area contributed by atoms with Gasteiger partial charge in [-0.25, -0.2) is 9.59 Å². The predicted octanol–water partition coefficient (Wildman–Crippen LogP) is 3.06. The van der Waals surface area contributed by atoms with Crippen molar-refractivity contribution in [3.05, 3.63) is 59.7 Å². The molecule has 2 aromatic carbocycles. The number of carboxylic acids is 1. The topological polar surface area (TPSA) is 114 Å². The summed E-state index contributed by atoms with van der Waals surface area (Å²) in [6, 6.07) is 12.5. The molecule has 0 fully saturated rings. The summed E-state index contributed by atoms with van der Waals surface area (Å²) in [6.07, 6.45) is -8.82. The molecule has 2 unspecified atom stereocenters. The number of methoxy groups -OCH3 is 1. The van der Waals surface area contributed by atoms with Crippen molar-refractivity contribution in [2.45, 2.75) is 30.7 Å². The Balaban J connectivity index is 1.61. The Morgan fingerprint density at radius 1 is 1.03 bits per heavy atom. The molecule has 0 saturated heterocycles. The number of benzene rings is 2. The molecule has 2 aromatic rings. The monoisotopic (exact) mass is 480 g/mol. The lowest BCUT2D eigenvalue weighted by Gasteiger charge is -2.22. The van der Waals surface area contributed by atoms with E-state index >= 15 is 0 Å². The van der Waals surface area contributed by atoms with Crippen molar-refractivity contribution < 1.29 is 42.1 Å². The summed E-state index contributed by atoms with van der Waals surface area (Å²) >= 11 is 0. The van der Waals surface area contributed by atoms with Crippen molar-refractivity contribution >= 4 is 18.0 Å². The van der Waals surface area contributed by atoms with Gasteiger partial charge in [-0.3, -0.25) is 4.79 Å². The maximum absolute atomic E-state index is 13.4. The quantitative estimate of drug-likeness (QED) is 0.509. The molecule has 0 saturated carbocycles. The molecule has 0 heterocycles. The van der Waals surface area contributed by atoms with Crippen molar-refractivity contribution in [3.63, 3.8) is 0 Å². The van der Waals surface area contributed by atoms with E-state index in [4.69, 9.17) is 9.84 Å². The van der Waals surface area contributed by atoms with Crippen LogP contribution in [0.5, 0.6) is 0 Å². The molecule has 0 bridgehead atoms. The van der Waals surface area contributed by atoms with Gasteiger partial charge in [0.15, 0.2) is 6.10 Å². The molecule has 34 heavy (non-hydrogen) atoms. The van der Waals surface area contributed by atoms with E-state index in [2.05, 4.69) is 10.1 Å². The van der Waals surface area contributed by atoms with Gasteiger partial charge in [0.1, 0.15) is 12.6 Å². The zero-order chi connectivity index (χ0) is 24.9. The SMILES string of the molecule is COC(CNC(=O)CC(NC(=O)OCC1c2ccccc2-c2ccccc21)C(F)(F)F)C(=O)O. The summed E-state index contributed by atoms with van der Waals surface area (Å²) in [5, 5.41) is 12.6. The number of nitrogens with one attached hydrogen (secondary N) is 2. The minimum absolute atomic E-state index is 0.190. The fourth-order valence-electron chi connectivity index (χ4n) is 3.77. The number of alkyl carbamates (subject to hydrolysis) is 1. The summed E-state index contributed by atoms with van der Waals surface area (Å²) in [5.74, 6) is -2.83. The van der Waals surface area contributed by atoms with Crippen LogP contribution in [0.3, 0.4) is 0 Å². The molecule has 0 radical (unpaired) electrons. The van der Waals surface area contributed by atoms with Gasteiger partial charge in [-0.05, 0) is 22.3 Å². The average Bonchev–Trinajstić information content (AvgIpc) is 3.10. The first-order valence-electron chi connectivity index (χ1n) is 10.3. The molecule has 3 rings (SSSR count). The Morgan fingerprint density at radius 3 is 2.09 bits per heavy atom. The molecule has 11 heteroatoms. The number of fused-ring (bicyclic) bond motifs is 3. The molecule has 0 aliphatic heterocycles. The molecule has 8 nitrogen and oxygen atoms in total. The number of amides is 2. The zero-order valence-corrected chi connectivity index (χ0v) is 18.1. The minimum atomic E-state index is -4.93. The van der Waals surface area contributed by atoms with Gasteiger partial charge in [0.25, 0.3) is 0 Å². The van der Waals surface area contributed by atoms with Crippen LogP contribution >= 0.6 is 0 Å². The minimum Gasteiger partial charge on any atom is -0.479 e. The first-order valence-corrected chi connectivity index (χ1v) is 10.3. The lowest BCUT2D eigenvalue weighted by atomic mass is 9.98. The van der Waals surface area contributed by atoms with Crippen LogP contribution in [0.1, 0.15) is 23.5 Å². The van der Waals surface area contributed by atoms with Gasteiger partial charge in [0, 0.05) is 13.0 Å². The van der Waals surface area contributed by atoms with Gasteiger partial charge in [-0.1, -0.05) is 48.5 Å². The van der Waals surface area contributed by atoms with Gasteiger partial charge in [-0.2, -0.15) is 13.2 Å². The average molecular weight is 480 g/mol. The zero-order valence-electron chi connectivity index (χ0n) is 18.1. The first kappa shape index (κ1) is 25.0. The normalized spacial score (nSPS) is 14.5. The number of hydrogen-bond donors (Lipinski definition) is 3. The molecular weight excluding hydrogens is 457 g/mol. The molecule has 0 spiro atoms. The summed E-state index contributed by atoms with van der Waals surface area (Å²) in [7, 11) is 1.09. The molecule has 1 aliphatic rings. The van der Waals surface area contributed by atoms with Crippen LogP contribution in [-0.4, -0.2) is 61.7 Å².